The highest BCUT2D eigenvalue weighted by Gasteiger charge is 2.20. The van der Waals surface area contributed by atoms with Crippen molar-refractivity contribution in [3.63, 3.8) is 0 Å². The molecule has 1 atom stereocenters. The zero-order chi connectivity index (χ0) is 9.97. The van der Waals surface area contributed by atoms with Crippen molar-refractivity contribution in [2.45, 2.75) is 12.5 Å². The lowest BCUT2D eigenvalue weighted by atomic mass is 10.0. The van der Waals surface area contributed by atoms with Crippen molar-refractivity contribution in [2.24, 2.45) is 5.73 Å². The van der Waals surface area contributed by atoms with Crippen LogP contribution in [0.15, 0.2) is 18.2 Å². The topological polar surface area (TPSA) is 68.3 Å². The number of hydrogen-bond donors (Lipinski definition) is 1. The van der Waals surface area contributed by atoms with Gasteiger partial charge in [0.05, 0.1) is 12.5 Å². The highest BCUT2D eigenvalue weighted by atomic mass is 16.7. The second-order valence-corrected chi connectivity index (χ2v) is 3.05. The van der Waals surface area contributed by atoms with Gasteiger partial charge in [-0.1, -0.05) is 12.1 Å². The molecule has 0 amide bonds. The van der Waals surface area contributed by atoms with Crippen molar-refractivity contribution in [2.75, 3.05) is 6.79 Å². The monoisotopic (exact) mass is 190 g/mol. The van der Waals surface area contributed by atoms with E-state index < -0.39 is 0 Å². The van der Waals surface area contributed by atoms with Gasteiger partial charge in [0.25, 0.3) is 0 Å². The molecular weight excluding hydrogens is 180 g/mol. The average Bonchev–Trinajstić information content (AvgIpc) is 2.65. The molecule has 0 spiro atoms. The van der Waals surface area contributed by atoms with E-state index in [0.29, 0.717) is 11.5 Å². The van der Waals surface area contributed by atoms with Gasteiger partial charge < -0.3 is 15.2 Å². The van der Waals surface area contributed by atoms with Crippen molar-refractivity contribution in [3.05, 3.63) is 23.8 Å². The van der Waals surface area contributed by atoms with Gasteiger partial charge in [-0.25, -0.2) is 0 Å². The number of para-hydroxylation sites is 1. The summed E-state index contributed by atoms with van der Waals surface area (Å²) in [5.74, 6) is 1.38. The van der Waals surface area contributed by atoms with Gasteiger partial charge in [0.2, 0.25) is 6.79 Å². The van der Waals surface area contributed by atoms with E-state index in [4.69, 9.17) is 20.5 Å². The molecule has 4 heteroatoms. The summed E-state index contributed by atoms with van der Waals surface area (Å²) < 4.78 is 10.5. The van der Waals surface area contributed by atoms with Gasteiger partial charge in [0.15, 0.2) is 11.5 Å². The molecule has 1 aromatic carbocycles. The molecule has 1 aromatic rings. The summed E-state index contributed by atoms with van der Waals surface area (Å²) in [7, 11) is 0. The van der Waals surface area contributed by atoms with Gasteiger partial charge in [0.1, 0.15) is 0 Å². The molecule has 0 radical (unpaired) electrons. The largest absolute Gasteiger partial charge is 0.454 e. The zero-order valence-electron chi connectivity index (χ0n) is 7.56. The standard InChI is InChI=1S/C10H10N2O2/c11-5-4-8(12)7-2-1-3-9-10(7)14-6-13-9/h1-3,8H,4,6,12H2. The van der Waals surface area contributed by atoms with Crippen LogP contribution in [0.25, 0.3) is 0 Å². The van der Waals surface area contributed by atoms with E-state index in [9.17, 15) is 0 Å². The third kappa shape index (κ3) is 1.38. The Kier molecular flexibility index (Phi) is 2.25. The maximum atomic E-state index is 8.54. The van der Waals surface area contributed by atoms with E-state index in [1.165, 1.54) is 0 Å². The molecule has 1 aliphatic heterocycles. The Morgan fingerprint density at radius 2 is 2.36 bits per heavy atom. The molecule has 1 unspecified atom stereocenters. The van der Waals surface area contributed by atoms with E-state index in [-0.39, 0.29) is 19.3 Å². The van der Waals surface area contributed by atoms with Crippen molar-refractivity contribution in [1.29, 1.82) is 5.26 Å². The Hall–Kier alpha value is -1.73. The lowest BCUT2D eigenvalue weighted by molar-refractivity contribution is 0.173. The first-order valence-corrected chi connectivity index (χ1v) is 4.34. The molecule has 0 fully saturated rings. The van der Waals surface area contributed by atoms with Gasteiger partial charge in [-0.2, -0.15) is 5.26 Å². The van der Waals surface area contributed by atoms with Gasteiger partial charge in [-0.05, 0) is 6.07 Å². The first-order valence-electron chi connectivity index (χ1n) is 4.34. The van der Waals surface area contributed by atoms with Crippen LogP contribution in [0.1, 0.15) is 18.0 Å². The maximum Gasteiger partial charge on any atom is 0.231 e. The molecule has 4 nitrogen and oxygen atoms in total. The Labute approximate surface area is 81.8 Å². The van der Waals surface area contributed by atoms with Gasteiger partial charge in [0, 0.05) is 11.6 Å². The summed E-state index contributed by atoms with van der Waals surface area (Å²) in [5, 5.41) is 8.54. The van der Waals surface area contributed by atoms with Gasteiger partial charge in [-0.3, -0.25) is 0 Å². The Morgan fingerprint density at radius 1 is 1.50 bits per heavy atom. The number of nitrogens with two attached hydrogens (primary N) is 1. The first kappa shape index (κ1) is 8.85. The van der Waals surface area contributed by atoms with Crippen LogP contribution in [0, 0.1) is 11.3 Å². The number of fused-ring (bicyclic) bond motifs is 1. The van der Waals surface area contributed by atoms with E-state index in [2.05, 4.69) is 0 Å². The average molecular weight is 190 g/mol. The van der Waals surface area contributed by atoms with Gasteiger partial charge in [-0.15, -0.1) is 0 Å². The minimum atomic E-state index is -0.309. The normalized spacial score (nSPS) is 14.9. The number of nitriles is 1. The smallest absolute Gasteiger partial charge is 0.231 e. The van der Waals surface area contributed by atoms with Crippen LogP contribution in [0.3, 0.4) is 0 Å². The molecule has 72 valence electrons. The SMILES string of the molecule is N#CCC(N)c1cccc2c1OCO2. The van der Waals surface area contributed by atoms with Crippen LogP contribution in [-0.2, 0) is 0 Å². The molecule has 2 N–H and O–H groups in total. The molecular formula is C10H10N2O2. The zero-order valence-corrected chi connectivity index (χ0v) is 7.56. The molecule has 1 aliphatic rings. The molecule has 1 heterocycles. The molecule has 0 aliphatic carbocycles. The second-order valence-electron chi connectivity index (χ2n) is 3.05. The van der Waals surface area contributed by atoms with Crippen molar-refractivity contribution >= 4 is 0 Å². The predicted octanol–water partition coefficient (Wildman–Crippen LogP) is 1.33. The van der Waals surface area contributed by atoms with Crippen LogP contribution < -0.4 is 15.2 Å². The fourth-order valence-electron chi connectivity index (χ4n) is 1.45. The fourth-order valence-corrected chi connectivity index (χ4v) is 1.45. The third-order valence-electron chi connectivity index (χ3n) is 2.14. The van der Waals surface area contributed by atoms with Crippen LogP contribution in [0.5, 0.6) is 11.5 Å². The summed E-state index contributed by atoms with van der Waals surface area (Å²) in [4.78, 5) is 0. The minimum absolute atomic E-state index is 0.228. The molecule has 0 bridgehead atoms. The van der Waals surface area contributed by atoms with E-state index in [1.54, 1.807) is 0 Å². The molecule has 0 saturated carbocycles. The van der Waals surface area contributed by atoms with E-state index in [0.717, 1.165) is 5.56 Å². The summed E-state index contributed by atoms with van der Waals surface area (Å²) >= 11 is 0. The third-order valence-corrected chi connectivity index (χ3v) is 2.14. The van der Waals surface area contributed by atoms with Crippen molar-refractivity contribution in [3.8, 4) is 17.6 Å². The highest BCUT2D eigenvalue weighted by Crippen LogP contribution is 2.38. The summed E-state index contributed by atoms with van der Waals surface area (Å²) in [6.45, 7) is 0.228. The number of nitrogens with zero attached hydrogens (tertiary/aromatic N) is 1. The number of hydrogen-bond acceptors (Lipinski definition) is 4. The maximum absolute atomic E-state index is 8.54. The molecule has 0 aromatic heterocycles. The predicted molar refractivity (Wildman–Crippen MR) is 49.7 cm³/mol. The van der Waals surface area contributed by atoms with Crippen LogP contribution in [0.4, 0.5) is 0 Å². The van der Waals surface area contributed by atoms with Crippen molar-refractivity contribution < 1.29 is 9.47 Å². The first-order chi connectivity index (χ1) is 6.83. The lowest BCUT2D eigenvalue weighted by Gasteiger charge is -2.10. The van der Waals surface area contributed by atoms with Crippen LogP contribution in [-0.4, -0.2) is 6.79 Å². The number of benzene rings is 1. The highest BCUT2D eigenvalue weighted by molar-refractivity contribution is 5.49. The Morgan fingerprint density at radius 3 is 3.14 bits per heavy atom. The second kappa shape index (κ2) is 3.56. The molecule has 14 heavy (non-hydrogen) atoms. The summed E-state index contributed by atoms with van der Waals surface area (Å²) in [5.41, 5.74) is 6.66. The minimum Gasteiger partial charge on any atom is -0.454 e. The van der Waals surface area contributed by atoms with E-state index >= 15 is 0 Å². The van der Waals surface area contributed by atoms with E-state index in [1.807, 2.05) is 24.3 Å². The molecule has 2 rings (SSSR count). The molecule has 0 saturated heterocycles. The Balaban J connectivity index is 2.35. The summed E-state index contributed by atoms with van der Waals surface area (Å²) in [6, 6.07) is 7.26. The quantitative estimate of drug-likeness (QED) is 0.763. The fraction of sp³-hybridized carbons (Fsp3) is 0.300. The number of rotatable bonds is 2. The lowest BCUT2D eigenvalue weighted by Crippen LogP contribution is -2.10. The number of ether oxygens (including phenoxy) is 2. The summed E-state index contributed by atoms with van der Waals surface area (Å²) in [6.07, 6.45) is 0.278. The Bertz CT molecular complexity index is 384. The van der Waals surface area contributed by atoms with Gasteiger partial charge >= 0.3 is 0 Å². The van der Waals surface area contributed by atoms with Crippen LogP contribution in [0.2, 0.25) is 0 Å². The van der Waals surface area contributed by atoms with Crippen LogP contribution >= 0.6 is 0 Å². The van der Waals surface area contributed by atoms with Crippen molar-refractivity contribution in [1.82, 2.24) is 0 Å².